The lowest BCUT2D eigenvalue weighted by molar-refractivity contribution is -0.0361. The average Bonchev–Trinajstić information content (AvgIpc) is 3.12. The Kier molecular flexibility index (Phi) is 6.55. The van der Waals surface area contributed by atoms with Gasteiger partial charge in [-0.25, -0.2) is 0 Å². The van der Waals surface area contributed by atoms with E-state index in [1.165, 1.54) is 19.3 Å². The molecule has 26 heavy (non-hydrogen) atoms. The number of carbonyl (C=O) groups excluding carboxylic acids is 1. The summed E-state index contributed by atoms with van der Waals surface area (Å²) in [4.78, 5) is 15.3. The maximum absolute atomic E-state index is 12.8. The Bertz CT molecular complexity index is 609. The third-order valence-corrected chi connectivity index (χ3v) is 6.07. The second kappa shape index (κ2) is 8.69. The van der Waals surface area contributed by atoms with E-state index in [0.717, 1.165) is 69.9 Å². The average molecular weight is 384 g/mol. The summed E-state index contributed by atoms with van der Waals surface area (Å²) in [6.07, 6.45) is 7.02. The van der Waals surface area contributed by atoms with Crippen LogP contribution in [0.3, 0.4) is 0 Å². The topological polar surface area (TPSA) is 82.3 Å². The molecule has 3 heterocycles. The zero-order valence-corrected chi connectivity index (χ0v) is 16.1. The van der Waals surface area contributed by atoms with Crippen LogP contribution in [0.25, 0.3) is 0 Å². The van der Waals surface area contributed by atoms with Gasteiger partial charge in [-0.2, -0.15) is 5.10 Å². The highest BCUT2D eigenvalue weighted by Gasteiger charge is 2.39. The number of H-pyrrole nitrogens is 1. The normalized spacial score (nSPS) is 22.9. The number of aromatic nitrogens is 2. The van der Waals surface area contributed by atoms with Gasteiger partial charge < -0.3 is 15.4 Å². The van der Waals surface area contributed by atoms with E-state index in [2.05, 4.69) is 25.7 Å². The lowest BCUT2D eigenvalue weighted by Gasteiger charge is -2.48. The summed E-state index contributed by atoms with van der Waals surface area (Å²) < 4.78 is 5.53. The van der Waals surface area contributed by atoms with Crippen LogP contribution in [0.15, 0.2) is 0 Å². The molecule has 1 amide bonds. The lowest BCUT2D eigenvalue weighted by atomic mass is 9.79. The molecule has 2 aliphatic heterocycles. The minimum Gasteiger partial charge on any atom is -0.379 e. The van der Waals surface area contributed by atoms with Crippen molar-refractivity contribution in [2.45, 2.75) is 50.6 Å². The zero-order chi connectivity index (χ0) is 17.1. The minimum absolute atomic E-state index is 0. The van der Waals surface area contributed by atoms with Gasteiger partial charge in [-0.3, -0.25) is 14.8 Å². The zero-order valence-electron chi connectivity index (χ0n) is 15.3. The summed E-state index contributed by atoms with van der Waals surface area (Å²) in [5.41, 5.74) is 2.79. The summed E-state index contributed by atoms with van der Waals surface area (Å²) in [6.45, 7) is 5.91. The maximum Gasteiger partial charge on any atom is 0.272 e. The summed E-state index contributed by atoms with van der Waals surface area (Å²) in [5.74, 6) is -0.0422. The van der Waals surface area contributed by atoms with Crippen LogP contribution in [-0.4, -0.2) is 65.9 Å². The molecule has 0 aromatic carbocycles. The number of nitrogens with zero attached hydrogens (tertiary/aromatic N) is 2. The first-order valence-electron chi connectivity index (χ1n) is 9.66. The molecule has 1 aromatic heterocycles. The largest absolute Gasteiger partial charge is 0.379 e. The summed E-state index contributed by atoms with van der Waals surface area (Å²) in [7, 11) is 0. The number of amides is 1. The lowest BCUT2D eigenvalue weighted by Crippen LogP contribution is -2.59. The monoisotopic (exact) mass is 383 g/mol. The first-order valence-corrected chi connectivity index (χ1v) is 9.66. The number of aromatic amines is 1. The molecule has 1 saturated carbocycles. The standard InChI is InChI=1S/C18H29N5O2.ClH/c24-17(16-14-12-19-7-4-15(14)21-22-16)20-13-18(5-2-1-3-6-18)23-8-10-25-11-9-23;/h19H,1-13H2,(H,20,24)(H,21,22);1H. The van der Waals surface area contributed by atoms with Crippen molar-refractivity contribution in [2.75, 3.05) is 39.4 Å². The van der Waals surface area contributed by atoms with Gasteiger partial charge in [-0.15, -0.1) is 12.4 Å². The molecule has 1 aliphatic carbocycles. The highest BCUT2D eigenvalue weighted by Crippen LogP contribution is 2.34. The molecule has 8 heteroatoms. The molecular formula is C18H30ClN5O2. The predicted octanol–water partition coefficient (Wildman–Crippen LogP) is 1.24. The van der Waals surface area contributed by atoms with Crippen LogP contribution in [0, 0.1) is 0 Å². The molecule has 0 radical (unpaired) electrons. The van der Waals surface area contributed by atoms with Gasteiger partial charge in [-0.1, -0.05) is 19.3 Å². The molecule has 0 unspecified atom stereocenters. The van der Waals surface area contributed by atoms with Crippen molar-refractivity contribution in [1.29, 1.82) is 0 Å². The highest BCUT2D eigenvalue weighted by molar-refractivity contribution is 5.94. The van der Waals surface area contributed by atoms with Crippen LogP contribution < -0.4 is 10.6 Å². The van der Waals surface area contributed by atoms with Crippen molar-refractivity contribution in [3.8, 4) is 0 Å². The number of ether oxygens (including phenoxy) is 1. The van der Waals surface area contributed by atoms with E-state index in [-0.39, 0.29) is 23.9 Å². The van der Waals surface area contributed by atoms with Crippen molar-refractivity contribution in [2.24, 2.45) is 0 Å². The van der Waals surface area contributed by atoms with Crippen molar-refractivity contribution in [3.63, 3.8) is 0 Å². The van der Waals surface area contributed by atoms with E-state index >= 15 is 0 Å². The second-order valence-electron chi connectivity index (χ2n) is 7.52. The Morgan fingerprint density at radius 3 is 2.77 bits per heavy atom. The van der Waals surface area contributed by atoms with Gasteiger partial charge in [0.05, 0.1) is 13.2 Å². The Hall–Kier alpha value is -1.15. The summed E-state index contributed by atoms with van der Waals surface area (Å²) >= 11 is 0. The molecule has 146 valence electrons. The summed E-state index contributed by atoms with van der Waals surface area (Å²) in [6, 6.07) is 0. The fourth-order valence-corrected chi connectivity index (χ4v) is 4.59. The van der Waals surface area contributed by atoms with Gasteiger partial charge in [-0.05, 0) is 12.8 Å². The third kappa shape index (κ3) is 3.91. The fraction of sp³-hybridized carbons (Fsp3) is 0.778. The van der Waals surface area contributed by atoms with Crippen molar-refractivity contribution >= 4 is 18.3 Å². The van der Waals surface area contributed by atoms with E-state index in [0.29, 0.717) is 12.2 Å². The summed E-state index contributed by atoms with van der Waals surface area (Å²) in [5, 5.41) is 13.9. The van der Waals surface area contributed by atoms with Crippen LogP contribution in [0.4, 0.5) is 0 Å². The number of carbonyl (C=O) groups is 1. The SMILES string of the molecule is Cl.O=C(NCC1(N2CCOCC2)CCCCC1)c1n[nH]c2c1CNCC2. The molecule has 2 fully saturated rings. The van der Waals surface area contributed by atoms with Gasteiger partial charge in [0.25, 0.3) is 5.91 Å². The molecule has 4 rings (SSSR count). The molecular weight excluding hydrogens is 354 g/mol. The Labute approximate surface area is 161 Å². The molecule has 0 spiro atoms. The van der Waals surface area contributed by atoms with Gasteiger partial charge in [0, 0.05) is 55.9 Å². The molecule has 0 bridgehead atoms. The van der Waals surface area contributed by atoms with Gasteiger partial charge in [0.2, 0.25) is 0 Å². The van der Waals surface area contributed by atoms with Crippen LogP contribution >= 0.6 is 12.4 Å². The van der Waals surface area contributed by atoms with Gasteiger partial charge in [0.1, 0.15) is 0 Å². The number of morpholine rings is 1. The molecule has 1 aromatic rings. The Balaban J connectivity index is 0.00000196. The third-order valence-electron chi connectivity index (χ3n) is 6.07. The first kappa shape index (κ1) is 19.6. The Morgan fingerprint density at radius 1 is 1.23 bits per heavy atom. The molecule has 1 saturated heterocycles. The van der Waals surface area contributed by atoms with Crippen molar-refractivity contribution in [1.82, 2.24) is 25.7 Å². The van der Waals surface area contributed by atoms with Gasteiger partial charge >= 0.3 is 0 Å². The van der Waals surface area contributed by atoms with Crippen molar-refractivity contribution < 1.29 is 9.53 Å². The van der Waals surface area contributed by atoms with E-state index in [1.807, 2.05) is 0 Å². The van der Waals surface area contributed by atoms with Gasteiger partial charge in [0.15, 0.2) is 5.69 Å². The molecule has 0 atom stereocenters. The number of halogens is 1. The quantitative estimate of drug-likeness (QED) is 0.728. The first-order chi connectivity index (χ1) is 12.3. The molecule has 3 N–H and O–H groups in total. The number of nitrogens with one attached hydrogen (secondary N) is 3. The van der Waals surface area contributed by atoms with E-state index in [1.54, 1.807) is 0 Å². The highest BCUT2D eigenvalue weighted by atomic mass is 35.5. The van der Waals surface area contributed by atoms with E-state index < -0.39 is 0 Å². The molecule has 7 nitrogen and oxygen atoms in total. The molecule has 3 aliphatic rings. The second-order valence-corrected chi connectivity index (χ2v) is 7.52. The number of fused-ring (bicyclic) bond motifs is 1. The number of hydrogen-bond acceptors (Lipinski definition) is 5. The number of hydrogen-bond donors (Lipinski definition) is 3. The van der Waals surface area contributed by atoms with Crippen molar-refractivity contribution in [3.05, 3.63) is 17.0 Å². The smallest absolute Gasteiger partial charge is 0.272 e. The minimum atomic E-state index is -0.0422. The fourth-order valence-electron chi connectivity index (χ4n) is 4.59. The predicted molar refractivity (Wildman–Crippen MR) is 102 cm³/mol. The van der Waals surface area contributed by atoms with Crippen LogP contribution in [-0.2, 0) is 17.7 Å². The van der Waals surface area contributed by atoms with E-state index in [4.69, 9.17) is 4.74 Å². The Morgan fingerprint density at radius 2 is 2.00 bits per heavy atom. The maximum atomic E-state index is 12.8. The van der Waals surface area contributed by atoms with E-state index in [9.17, 15) is 4.79 Å². The number of rotatable bonds is 4. The van der Waals surface area contributed by atoms with Crippen LogP contribution in [0.5, 0.6) is 0 Å². The van der Waals surface area contributed by atoms with Crippen LogP contribution in [0.2, 0.25) is 0 Å². The van der Waals surface area contributed by atoms with Crippen LogP contribution in [0.1, 0.15) is 53.8 Å².